The van der Waals surface area contributed by atoms with Gasteiger partial charge in [-0.1, -0.05) is 43.0 Å². The molecule has 4 rings (SSSR count). The summed E-state index contributed by atoms with van der Waals surface area (Å²) in [6.45, 7) is 1.61. The smallest absolute Gasteiger partial charge is 0.279 e. The van der Waals surface area contributed by atoms with Gasteiger partial charge < -0.3 is 25.0 Å². The minimum Gasteiger partial charge on any atom is -0.507 e. The Kier molecular flexibility index (Phi) is 9.05. The fraction of sp³-hybridized carbons (Fsp3) is 0.250. The van der Waals surface area contributed by atoms with E-state index in [1.165, 1.54) is 48.1 Å². The number of hydrogen-bond acceptors (Lipinski definition) is 8. The maximum atomic E-state index is 13.6. The Morgan fingerprint density at radius 2 is 1.87 bits per heavy atom. The molecule has 11 heteroatoms. The van der Waals surface area contributed by atoms with Gasteiger partial charge in [0.25, 0.3) is 11.8 Å². The third-order valence-corrected chi connectivity index (χ3v) is 7.14. The van der Waals surface area contributed by atoms with Gasteiger partial charge in [0.2, 0.25) is 0 Å². The zero-order valence-electron chi connectivity index (χ0n) is 21.3. The van der Waals surface area contributed by atoms with Gasteiger partial charge in [-0.15, -0.1) is 0 Å². The molecular weight excluding hydrogens is 525 g/mol. The van der Waals surface area contributed by atoms with Crippen LogP contribution in [0.1, 0.15) is 40.2 Å². The van der Waals surface area contributed by atoms with E-state index in [0.29, 0.717) is 28.3 Å². The summed E-state index contributed by atoms with van der Waals surface area (Å²) in [5.41, 5.74) is 1.20. The van der Waals surface area contributed by atoms with Gasteiger partial charge >= 0.3 is 0 Å². The predicted octanol–water partition coefficient (Wildman–Crippen LogP) is 4.06. The van der Waals surface area contributed by atoms with Crippen molar-refractivity contribution in [1.82, 2.24) is 10.3 Å². The predicted molar refractivity (Wildman–Crippen MR) is 145 cm³/mol. The summed E-state index contributed by atoms with van der Waals surface area (Å²) in [7, 11) is 1.44. The number of aliphatic hydroxyl groups is 1. The van der Waals surface area contributed by atoms with Gasteiger partial charge in [0.1, 0.15) is 22.0 Å². The number of nitrogens with zero attached hydrogens (tertiary/aromatic N) is 2. The normalized spacial score (nSPS) is 15.4. The summed E-state index contributed by atoms with van der Waals surface area (Å²) in [5, 5.41) is 28.1. The molecule has 2 unspecified atom stereocenters. The van der Waals surface area contributed by atoms with E-state index in [4.69, 9.17) is 9.47 Å². The number of para-hydroxylation sites is 2. The first-order chi connectivity index (χ1) is 18.8. The number of hydrazone groups is 1. The minimum atomic E-state index is -0.732. The molecule has 0 saturated heterocycles. The van der Waals surface area contributed by atoms with Gasteiger partial charge in [-0.05, 0) is 48.9 Å². The van der Waals surface area contributed by atoms with Crippen LogP contribution in [0.2, 0.25) is 0 Å². The number of ether oxygens (including phenoxy) is 2. The van der Waals surface area contributed by atoms with Crippen LogP contribution in [-0.2, 0) is 4.79 Å². The van der Waals surface area contributed by atoms with Crippen molar-refractivity contribution < 1.29 is 33.7 Å². The van der Waals surface area contributed by atoms with Crippen molar-refractivity contribution in [2.75, 3.05) is 20.3 Å². The average molecular weight is 554 g/mol. The maximum absolute atomic E-state index is 13.6. The first-order valence-electron chi connectivity index (χ1n) is 12.2. The topological polar surface area (TPSA) is 121 Å². The number of aromatic hydroxyl groups is 1. The van der Waals surface area contributed by atoms with E-state index in [-0.39, 0.29) is 30.2 Å². The number of phenolic OH excluding ortho intramolecular Hbond substituents is 1. The highest BCUT2D eigenvalue weighted by Gasteiger charge is 2.37. The lowest BCUT2D eigenvalue weighted by Crippen LogP contribution is -2.35. The van der Waals surface area contributed by atoms with Crippen LogP contribution in [-0.4, -0.2) is 58.4 Å². The average Bonchev–Trinajstić information content (AvgIpc) is 3.40. The van der Waals surface area contributed by atoms with Gasteiger partial charge in [0.15, 0.2) is 18.1 Å². The van der Waals surface area contributed by atoms with Crippen molar-refractivity contribution in [3.05, 3.63) is 89.2 Å². The van der Waals surface area contributed by atoms with Crippen molar-refractivity contribution in [2.45, 2.75) is 24.8 Å². The number of phenols is 1. The monoisotopic (exact) mass is 553 g/mol. The van der Waals surface area contributed by atoms with E-state index in [0.717, 1.165) is 0 Å². The molecule has 0 spiro atoms. The van der Waals surface area contributed by atoms with Gasteiger partial charge in [-0.3, -0.25) is 9.59 Å². The van der Waals surface area contributed by atoms with E-state index >= 15 is 0 Å². The molecule has 1 aliphatic rings. The molecule has 9 nitrogen and oxygen atoms in total. The number of halogens is 1. The highest BCUT2D eigenvalue weighted by Crippen LogP contribution is 2.47. The lowest BCUT2D eigenvalue weighted by atomic mass is 10.1. The fourth-order valence-electron chi connectivity index (χ4n) is 3.80. The van der Waals surface area contributed by atoms with Crippen LogP contribution >= 0.6 is 11.8 Å². The first-order valence-corrected chi connectivity index (χ1v) is 13.1. The van der Waals surface area contributed by atoms with E-state index in [1.807, 2.05) is 6.92 Å². The van der Waals surface area contributed by atoms with Crippen LogP contribution in [0.5, 0.6) is 17.2 Å². The van der Waals surface area contributed by atoms with Crippen LogP contribution in [0.15, 0.2) is 71.8 Å². The van der Waals surface area contributed by atoms with Crippen molar-refractivity contribution in [2.24, 2.45) is 5.10 Å². The van der Waals surface area contributed by atoms with Crippen LogP contribution < -0.4 is 14.8 Å². The third-order valence-electron chi connectivity index (χ3n) is 5.92. The highest BCUT2D eigenvalue weighted by molar-refractivity contribution is 8.14. The standard InChI is InChI=1S/C28H28FN3O6S/c1-3-19(33)15-30-24(35)16-38-23-10-6-8-21(25(23)37-2)28-32(27(36)20-7-4-5-9-22(20)34)31-26(39-28)17-11-13-18(29)14-12-17/h4-14,19,28,33-34H,3,15-16H2,1-2H3,(H,30,35). The SMILES string of the molecule is CCC(O)CNC(=O)COc1cccc(C2SC(c3ccc(F)cc3)=NN2C(=O)c2ccccc2O)c1OC. The molecule has 39 heavy (non-hydrogen) atoms. The number of hydrogen-bond donors (Lipinski definition) is 3. The molecular formula is C28H28FN3O6S. The zero-order valence-corrected chi connectivity index (χ0v) is 22.2. The van der Waals surface area contributed by atoms with Gasteiger partial charge in [0.05, 0.1) is 18.8 Å². The summed E-state index contributed by atoms with van der Waals surface area (Å²) in [6.07, 6.45) is -0.136. The Bertz CT molecular complexity index is 1370. The summed E-state index contributed by atoms with van der Waals surface area (Å²) < 4.78 is 24.9. The van der Waals surface area contributed by atoms with E-state index in [9.17, 15) is 24.2 Å². The second kappa shape index (κ2) is 12.6. The Balaban J connectivity index is 1.65. The molecule has 0 fully saturated rings. The van der Waals surface area contributed by atoms with Crippen molar-refractivity contribution in [1.29, 1.82) is 0 Å². The molecule has 204 valence electrons. The maximum Gasteiger partial charge on any atom is 0.279 e. The van der Waals surface area contributed by atoms with E-state index in [1.54, 1.807) is 42.5 Å². The second-order valence-corrected chi connectivity index (χ2v) is 9.65. The molecule has 0 radical (unpaired) electrons. The Labute approximate surface area is 229 Å². The largest absolute Gasteiger partial charge is 0.507 e. The number of benzene rings is 3. The van der Waals surface area contributed by atoms with Crippen LogP contribution in [0.4, 0.5) is 4.39 Å². The molecule has 2 atom stereocenters. The number of methoxy groups -OCH3 is 1. The van der Waals surface area contributed by atoms with Crippen molar-refractivity contribution in [3.63, 3.8) is 0 Å². The van der Waals surface area contributed by atoms with Gasteiger partial charge in [-0.2, -0.15) is 5.10 Å². The summed E-state index contributed by atoms with van der Waals surface area (Å²) in [6, 6.07) is 17.0. The van der Waals surface area contributed by atoms with Crippen molar-refractivity contribution in [3.8, 4) is 17.2 Å². The number of rotatable bonds is 10. The Morgan fingerprint density at radius 1 is 1.13 bits per heavy atom. The Morgan fingerprint density at radius 3 is 2.56 bits per heavy atom. The molecule has 3 aromatic carbocycles. The van der Waals surface area contributed by atoms with Crippen LogP contribution in [0, 0.1) is 5.82 Å². The molecule has 3 N–H and O–H groups in total. The molecule has 3 aromatic rings. The van der Waals surface area contributed by atoms with Crippen LogP contribution in [0.25, 0.3) is 0 Å². The summed E-state index contributed by atoms with van der Waals surface area (Å²) in [4.78, 5) is 25.8. The fourth-order valence-corrected chi connectivity index (χ4v) is 4.98. The lowest BCUT2D eigenvalue weighted by molar-refractivity contribution is -0.123. The number of carbonyl (C=O) groups is 2. The number of carbonyl (C=O) groups excluding carboxylic acids is 2. The zero-order chi connectivity index (χ0) is 27.9. The van der Waals surface area contributed by atoms with Gasteiger partial charge in [-0.25, -0.2) is 9.40 Å². The molecule has 1 heterocycles. The van der Waals surface area contributed by atoms with Gasteiger partial charge in [0, 0.05) is 17.7 Å². The quantitative estimate of drug-likeness (QED) is 0.346. The molecule has 0 aliphatic carbocycles. The summed E-state index contributed by atoms with van der Waals surface area (Å²) in [5.74, 6) is -0.997. The minimum absolute atomic E-state index is 0.0597. The van der Waals surface area contributed by atoms with E-state index < -0.39 is 29.1 Å². The number of nitrogens with one attached hydrogen (secondary N) is 1. The Hall–Kier alpha value is -4.09. The number of amides is 2. The van der Waals surface area contributed by atoms with Crippen molar-refractivity contribution >= 4 is 28.6 Å². The molecule has 0 bridgehead atoms. The second-order valence-electron chi connectivity index (χ2n) is 8.58. The molecule has 1 aliphatic heterocycles. The summed E-state index contributed by atoms with van der Waals surface area (Å²) >= 11 is 1.24. The molecule has 2 amide bonds. The lowest BCUT2D eigenvalue weighted by Gasteiger charge is -2.24. The van der Waals surface area contributed by atoms with Crippen LogP contribution in [0.3, 0.4) is 0 Å². The highest BCUT2D eigenvalue weighted by atomic mass is 32.2. The number of thioether (sulfide) groups is 1. The van der Waals surface area contributed by atoms with E-state index in [2.05, 4.69) is 10.4 Å². The first kappa shape index (κ1) is 27.9. The number of aliphatic hydroxyl groups excluding tert-OH is 1. The third kappa shape index (κ3) is 6.50. The molecule has 0 aromatic heterocycles. The molecule has 0 saturated carbocycles.